The lowest BCUT2D eigenvalue weighted by Crippen LogP contribution is -2.30. The highest BCUT2D eigenvalue weighted by molar-refractivity contribution is 9.10. The van der Waals surface area contributed by atoms with E-state index in [2.05, 4.69) is 20.9 Å². The number of anilines is 1. The fraction of sp³-hybridized carbons (Fsp3) is 0.0526. The van der Waals surface area contributed by atoms with Crippen LogP contribution < -0.4 is 4.90 Å². The molecule has 2 aromatic carbocycles. The van der Waals surface area contributed by atoms with E-state index in [0.717, 1.165) is 14.7 Å². The first-order valence-electron chi connectivity index (χ1n) is 7.76. The number of benzene rings is 2. The molecule has 0 saturated carbocycles. The van der Waals surface area contributed by atoms with E-state index in [9.17, 15) is 4.79 Å². The average Bonchev–Trinajstić information content (AvgIpc) is 3.28. The molecule has 0 aliphatic heterocycles. The van der Waals surface area contributed by atoms with Crippen LogP contribution in [0.3, 0.4) is 0 Å². The highest BCUT2D eigenvalue weighted by atomic mass is 79.9. The number of rotatable bonds is 4. The lowest BCUT2D eigenvalue weighted by molar-refractivity contribution is 0.0983. The van der Waals surface area contributed by atoms with E-state index in [1.165, 1.54) is 11.3 Å². The Bertz CT molecular complexity index is 1080. The fourth-order valence-corrected chi connectivity index (χ4v) is 4.27. The first kappa shape index (κ1) is 17.3. The van der Waals surface area contributed by atoms with Gasteiger partial charge in [-0.1, -0.05) is 44.9 Å². The minimum Gasteiger partial charge on any atom is -0.467 e. The van der Waals surface area contributed by atoms with Gasteiger partial charge in [0.1, 0.15) is 5.76 Å². The molecule has 0 aliphatic carbocycles. The van der Waals surface area contributed by atoms with E-state index in [1.54, 1.807) is 41.5 Å². The molecule has 0 aliphatic rings. The van der Waals surface area contributed by atoms with Gasteiger partial charge in [0.05, 0.1) is 23.0 Å². The molecule has 0 unspecified atom stereocenters. The van der Waals surface area contributed by atoms with Gasteiger partial charge in [0, 0.05) is 15.1 Å². The van der Waals surface area contributed by atoms with Gasteiger partial charge in [-0.15, -0.1) is 0 Å². The normalized spacial score (nSPS) is 11.0. The largest absolute Gasteiger partial charge is 0.467 e. The third-order valence-electron chi connectivity index (χ3n) is 3.78. The molecular formula is C19H12BrClN2O2S. The van der Waals surface area contributed by atoms with Gasteiger partial charge in [0.2, 0.25) is 0 Å². The van der Waals surface area contributed by atoms with Gasteiger partial charge in [-0.05, 0) is 48.5 Å². The van der Waals surface area contributed by atoms with Gasteiger partial charge in [0.25, 0.3) is 5.91 Å². The Hall–Kier alpha value is -2.15. The zero-order valence-electron chi connectivity index (χ0n) is 13.4. The maximum Gasteiger partial charge on any atom is 0.260 e. The molecule has 0 N–H and O–H groups in total. The smallest absolute Gasteiger partial charge is 0.260 e. The third kappa shape index (κ3) is 3.53. The maximum atomic E-state index is 13.2. The molecule has 0 bridgehead atoms. The van der Waals surface area contributed by atoms with E-state index in [-0.39, 0.29) is 5.91 Å². The van der Waals surface area contributed by atoms with Gasteiger partial charge in [0.15, 0.2) is 5.13 Å². The molecule has 4 rings (SSSR count). The van der Waals surface area contributed by atoms with E-state index >= 15 is 0 Å². The molecule has 0 atom stereocenters. The number of furan rings is 1. The van der Waals surface area contributed by atoms with Crippen LogP contribution in [0.2, 0.25) is 5.02 Å². The Labute approximate surface area is 167 Å². The van der Waals surface area contributed by atoms with Gasteiger partial charge in [-0.3, -0.25) is 9.69 Å². The molecule has 2 heterocycles. The van der Waals surface area contributed by atoms with Crippen molar-refractivity contribution in [2.24, 2.45) is 0 Å². The van der Waals surface area contributed by atoms with Gasteiger partial charge in [-0.2, -0.15) is 0 Å². The van der Waals surface area contributed by atoms with Gasteiger partial charge in [-0.25, -0.2) is 4.98 Å². The molecule has 0 spiro atoms. The van der Waals surface area contributed by atoms with E-state index < -0.39 is 0 Å². The van der Waals surface area contributed by atoms with Gasteiger partial charge < -0.3 is 4.42 Å². The summed E-state index contributed by atoms with van der Waals surface area (Å²) in [5.41, 5.74) is 1.35. The van der Waals surface area contributed by atoms with Crippen molar-refractivity contribution in [1.29, 1.82) is 0 Å². The second-order valence-electron chi connectivity index (χ2n) is 5.59. The van der Waals surface area contributed by atoms with Crippen LogP contribution in [0.4, 0.5) is 5.13 Å². The molecule has 0 radical (unpaired) electrons. The number of hydrogen-bond donors (Lipinski definition) is 0. The number of carbonyl (C=O) groups is 1. The van der Waals surface area contributed by atoms with Crippen molar-refractivity contribution in [1.82, 2.24) is 4.98 Å². The fourth-order valence-electron chi connectivity index (χ4n) is 2.56. The maximum absolute atomic E-state index is 13.2. The van der Waals surface area contributed by atoms with Crippen LogP contribution in [0.25, 0.3) is 10.2 Å². The van der Waals surface area contributed by atoms with Crippen LogP contribution in [0.1, 0.15) is 16.1 Å². The van der Waals surface area contributed by atoms with Crippen LogP contribution in [-0.4, -0.2) is 10.9 Å². The summed E-state index contributed by atoms with van der Waals surface area (Å²) >= 11 is 11.0. The molecule has 4 nitrogen and oxygen atoms in total. The highest BCUT2D eigenvalue weighted by Gasteiger charge is 2.23. The first-order chi connectivity index (χ1) is 12.6. The Morgan fingerprint density at radius 2 is 2.08 bits per heavy atom. The predicted octanol–water partition coefficient (Wildman–Crippen LogP) is 6.15. The number of hydrogen-bond acceptors (Lipinski definition) is 4. The monoisotopic (exact) mass is 446 g/mol. The topological polar surface area (TPSA) is 46.3 Å². The summed E-state index contributed by atoms with van der Waals surface area (Å²) in [7, 11) is 0. The molecular weight excluding hydrogens is 436 g/mol. The third-order valence-corrected chi connectivity index (χ3v) is 5.55. The molecule has 4 aromatic rings. The first-order valence-corrected chi connectivity index (χ1v) is 9.75. The molecule has 1 amide bonds. The lowest BCUT2D eigenvalue weighted by Gasteiger charge is -2.18. The number of fused-ring (bicyclic) bond motifs is 1. The number of amides is 1. The highest BCUT2D eigenvalue weighted by Crippen LogP contribution is 2.32. The quantitative estimate of drug-likeness (QED) is 0.377. The summed E-state index contributed by atoms with van der Waals surface area (Å²) in [5.74, 6) is 0.503. The van der Waals surface area contributed by atoms with Crippen molar-refractivity contribution in [3.8, 4) is 0 Å². The lowest BCUT2D eigenvalue weighted by atomic mass is 10.2. The molecule has 2 aromatic heterocycles. The average molecular weight is 448 g/mol. The van der Waals surface area contributed by atoms with Crippen LogP contribution in [0.5, 0.6) is 0 Å². The van der Waals surface area contributed by atoms with Crippen LogP contribution >= 0.6 is 38.9 Å². The number of halogens is 2. The van der Waals surface area contributed by atoms with Crippen molar-refractivity contribution >= 4 is 60.1 Å². The van der Waals surface area contributed by atoms with Gasteiger partial charge >= 0.3 is 0 Å². The summed E-state index contributed by atoms with van der Waals surface area (Å²) in [6.45, 7) is 0.291. The van der Waals surface area contributed by atoms with Crippen LogP contribution in [0, 0.1) is 0 Å². The number of carbonyl (C=O) groups excluding carboxylic acids is 1. The van der Waals surface area contributed by atoms with Crippen LogP contribution in [0.15, 0.2) is 69.8 Å². The second kappa shape index (κ2) is 7.23. The number of aromatic nitrogens is 1. The second-order valence-corrected chi connectivity index (χ2v) is 7.95. The minimum absolute atomic E-state index is 0.179. The Kier molecular flexibility index (Phi) is 4.80. The minimum atomic E-state index is -0.179. The molecule has 130 valence electrons. The van der Waals surface area contributed by atoms with Crippen molar-refractivity contribution in [2.45, 2.75) is 6.54 Å². The summed E-state index contributed by atoms with van der Waals surface area (Å²) in [4.78, 5) is 19.4. The Morgan fingerprint density at radius 3 is 2.85 bits per heavy atom. The summed E-state index contributed by atoms with van der Waals surface area (Å²) < 4.78 is 7.41. The van der Waals surface area contributed by atoms with Crippen molar-refractivity contribution in [2.75, 3.05) is 4.90 Å². The van der Waals surface area contributed by atoms with Crippen molar-refractivity contribution in [3.05, 3.63) is 81.7 Å². The van der Waals surface area contributed by atoms with Crippen molar-refractivity contribution < 1.29 is 9.21 Å². The number of thiazole rings is 1. The standard InChI is InChI=1S/C19H12BrClN2O2S/c20-13-6-7-16-17(10-13)26-19(22-16)23(11-15-5-2-8-25-15)18(24)12-3-1-4-14(21)9-12/h1-10H,11H2. The Morgan fingerprint density at radius 1 is 1.19 bits per heavy atom. The zero-order chi connectivity index (χ0) is 18.1. The molecule has 0 saturated heterocycles. The van der Waals surface area contributed by atoms with Crippen LogP contribution in [-0.2, 0) is 6.54 Å². The molecule has 0 fully saturated rings. The summed E-state index contributed by atoms with van der Waals surface area (Å²) in [5, 5.41) is 1.13. The van der Waals surface area contributed by atoms with E-state index in [4.69, 9.17) is 16.0 Å². The van der Waals surface area contributed by atoms with E-state index in [0.29, 0.717) is 28.0 Å². The van der Waals surface area contributed by atoms with Crippen molar-refractivity contribution in [3.63, 3.8) is 0 Å². The Balaban J connectivity index is 1.77. The summed E-state index contributed by atoms with van der Waals surface area (Å²) in [6.07, 6.45) is 1.59. The summed E-state index contributed by atoms with van der Waals surface area (Å²) in [6, 6.07) is 16.4. The predicted molar refractivity (Wildman–Crippen MR) is 108 cm³/mol. The number of nitrogens with zero attached hydrogens (tertiary/aromatic N) is 2. The zero-order valence-corrected chi connectivity index (χ0v) is 16.5. The van der Waals surface area contributed by atoms with E-state index in [1.807, 2.05) is 24.3 Å². The molecule has 26 heavy (non-hydrogen) atoms. The molecule has 7 heteroatoms. The SMILES string of the molecule is O=C(c1cccc(Cl)c1)N(Cc1ccco1)c1nc2ccc(Br)cc2s1.